The first kappa shape index (κ1) is 28.2. The van der Waals surface area contributed by atoms with Gasteiger partial charge in [-0.3, -0.25) is 9.79 Å². The van der Waals surface area contributed by atoms with Crippen molar-refractivity contribution in [2.75, 3.05) is 45.1 Å². The summed E-state index contributed by atoms with van der Waals surface area (Å²) in [6, 6.07) is 0. The normalized spacial score (nSPS) is 20.7. The maximum atomic E-state index is 13.1. The monoisotopic (exact) mass is 546 g/mol. The van der Waals surface area contributed by atoms with E-state index in [4.69, 9.17) is 29.6 Å². The minimum Gasteiger partial charge on any atom is -0.389 e. The van der Waals surface area contributed by atoms with E-state index < -0.39 is 25.3 Å². The van der Waals surface area contributed by atoms with Gasteiger partial charge in [-0.1, -0.05) is 6.92 Å². The van der Waals surface area contributed by atoms with Crippen LogP contribution < -0.4 is 11.1 Å². The Hall–Kier alpha value is -2.39. The van der Waals surface area contributed by atoms with Crippen molar-refractivity contribution in [3.8, 4) is 0 Å². The number of nitrogen functional groups attached to an aromatic ring is 1. The molecule has 0 bridgehead atoms. The van der Waals surface area contributed by atoms with E-state index in [2.05, 4.69) is 15.3 Å². The van der Waals surface area contributed by atoms with Crippen LogP contribution in [0.4, 0.5) is 5.82 Å². The number of carbonyl (C=O) groups is 2. The van der Waals surface area contributed by atoms with E-state index in [0.29, 0.717) is 31.2 Å². The van der Waals surface area contributed by atoms with E-state index in [1.54, 1.807) is 44.7 Å². The van der Waals surface area contributed by atoms with Gasteiger partial charge >= 0.3 is 19.7 Å². The number of hydrogen-bond acceptors (Lipinski definition) is 14. The third kappa shape index (κ3) is 6.48. The molecule has 16 heteroatoms. The first-order chi connectivity index (χ1) is 17.2. The van der Waals surface area contributed by atoms with Gasteiger partial charge < -0.3 is 20.7 Å². The third-order valence-electron chi connectivity index (χ3n) is 5.16. The summed E-state index contributed by atoms with van der Waals surface area (Å²) >= 11 is 1.00. The topological polar surface area (TPSA) is 167 Å². The fourth-order valence-corrected chi connectivity index (χ4v) is 5.58. The van der Waals surface area contributed by atoms with E-state index in [-0.39, 0.29) is 30.3 Å². The average Bonchev–Trinajstić information content (AvgIpc) is 3.29. The minimum absolute atomic E-state index is 0.0359. The molecule has 2 aliphatic heterocycles. The lowest BCUT2D eigenvalue weighted by atomic mass is 10.2. The van der Waals surface area contributed by atoms with E-state index in [1.807, 2.05) is 4.90 Å². The second kappa shape index (κ2) is 12.2. The van der Waals surface area contributed by atoms with Gasteiger partial charge in [0.15, 0.2) is 10.5 Å². The van der Waals surface area contributed by atoms with Crippen LogP contribution in [0.3, 0.4) is 0 Å². The average molecular weight is 547 g/mol. The number of piperazine rings is 1. The van der Waals surface area contributed by atoms with Crippen molar-refractivity contribution >= 4 is 43.1 Å². The summed E-state index contributed by atoms with van der Waals surface area (Å²) in [5.41, 5.74) is 4.92. The van der Waals surface area contributed by atoms with Crippen LogP contribution in [0.1, 0.15) is 48.8 Å². The fourth-order valence-electron chi connectivity index (χ4n) is 3.31. The van der Waals surface area contributed by atoms with Gasteiger partial charge in [-0.2, -0.15) is 0 Å². The Bertz CT molecular complexity index is 1040. The highest BCUT2D eigenvalue weighted by molar-refractivity contribution is 7.51. The van der Waals surface area contributed by atoms with Crippen molar-refractivity contribution in [1.29, 1.82) is 0 Å². The molecule has 1 aromatic rings. The summed E-state index contributed by atoms with van der Waals surface area (Å²) in [6.45, 7) is 8.83. The van der Waals surface area contributed by atoms with Gasteiger partial charge in [0.1, 0.15) is 16.6 Å². The van der Waals surface area contributed by atoms with Crippen molar-refractivity contribution in [2.45, 2.75) is 39.8 Å². The number of thiazole rings is 1. The van der Waals surface area contributed by atoms with Crippen molar-refractivity contribution in [1.82, 2.24) is 19.9 Å². The molecule has 1 fully saturated rings. The number of aromatic nitrogens is 1. The summed E-state index contributed by atoms with van der Waals surface area (Å²) in [4.78, 5) is 44.4. The second-order valence-electron chi connectivity index (χ2n) is 7.75. The second-order valence-corrected chi connectivity index (χ2v) is 10.5. The molecule has 2 aliphatic rings. The Morgan fingerprint density at radius 1 is 1.17 bits per heavy atom. The van der Waals surface area contributed by atoms with Gasteiger partial charge in [0.2, 0.25) is 0 Å². The molecule has 1 unspecified atom stereocenters. The Labute approximate surface area is 212 Å². The van der Waals surface area contributed by atoms with Crippen molar-refractivity contribution in [2.24, 2.45) is 4.99 Å². The number of allylic oxidation sites excluding steroid dienone is 1. The number of esters is 2. The Balaban J connectivity index is 1.67. The van der Waals surface area contributed by atoms with Crippen molar-refractivity contribution in [3.63, 3.8) is 0 Å². The van der Waals surface area contributed by atoms with Crippen LogP contribution in [0.15, 0.2) is 16.9 Å². The summed E-state index contributed by atoms with van der Waals surface area (Å²) in [7, 11) is -3.79. The number of nitrogens with zero attached hydrogens (tertiary/aromatic N) is 4. The number of carbonyl (C=O) groups excluding carboxylic acids is 2. The molecule has 0 aliphatic carbocycles. The maximum absolute atomic E-state index is 13.1. The highest BCUT2D eigenvalue weighted by Gasteiger charge is 2.40. The summed E-state index contributed by atoms with van der Waals surface area (Å²) in [5.74, 6) is -0.781. The predicted molar refractivity (Wildman–Crippen MR) is 130 cm³/mol. The van der Waals surface area contributed by atoms with Crippen LogP contribution in [0.2, 0.25) is 0 Å². The molecule has 0 saturated carbocycles. The lowest BCUT2D eigenvalue weighted by molar-refractivity contribution is -0.271. The van der Waals surface area contributed by atoms with E-state index in [1.165, 1.54) is 0 Å². The number of aliphatic imine (C=N–C) groups is 1. The van der Waals surface area contributed by atoms with Gasteiger partial charge in [-0.05, 0) is 26.8 Å². The SMILES string of the molecule is CCOOP(=O)(OOCC)N1CCN(C2=CC=NC(C)(c3nc(N)c(C(=O)OC(=O)CC)s3)N2)CC1. The van der Waals surface area contributed by atoms with Crippen LogP contribution >= 0.6 is 19.1 Å². The molecule has 3 heterocycles. The summed E-state index contributed by atoms with van der Waals surface area (Å²) in [6.07, 6.45) is 3.50. The number of ether oxygens (including phenoxy) is 1. The first-order valence-corrected chi connectivity index (χ1v) is 13.7. The maximum Gasteiger partial charge on any atom is 0.462 e. The Kier molecular flexibility index (Phi) is 9.58. The molecule has 1 atom stereocenters. The third-order valence-corrected chi connectivity index (χ3v) is 8.10. The van der Waals surface area contributed by atoms with Crippen molar-refractivity contribution < 1.29 is 38.0 Å². The number of hydrogen-bond donors (Lipinski definition) is 2. The van der Waals surface area contributed by atoms with Gasteiger partial charge in [0.25, 0.3) is 0 Å². The van der Waals surface area contributed by atoms with Crippen LogP contribution in [0.25, 0.3) is 0 Å². The van der Waals surface area contributed by atoms with Crippen LogP contribution in [-0.2, 0) is 38.9 Å². The summed E-state index contributed by atoms with van der Waals surface area (Å²) < 4.78 is 29.5. The molecule has 1 aromatic heterocycles. The van der Waals surface area contributed by atoms with Crippen LogP contribution in [-0.4, -0.2) is 72.1 Å². The first-order valence-electron chi connectivity index (χ1n) is 11.4. The van der Waals surface area contributed by atoms with Crippen LogP contribution in [0.5, 0.6) is 0 Å². The fraction of sp³-hybridized carbons (Fsp3) is 0.600. The number of nitrogens with one attached hydrogen (secondary N) is 1. The van der Waals surface area contributed by atoms with Crippen molar-refractivity contribution in [3.05, 3.63) is 21.8 Å². The van der Waals surface area contributed by atoms with E-state index >= 15 is 0 Å². The van der Waals surface area contributed by atoms with Crippen LogP contribution in [0, 0.1) is 0 Å². The highest BCUT2D eigenvalue weighted by atomic mass is 32.1. The highest BCUT2D eigenvalue weighted by Crippen LogP contribution is 2.52. The molecular formula is C20H31N6O8PS. The minimum atomic E-state index is -3.79. The van der Waals surface area contributed by atoms with Gasteiger partial charge in [0, 0.05) is 38.8 Å². The smallest absolute Gasteiger partial charge is 0.389 e. The molecule has 0 radical (unpaired) electrons. The quantitative estimate of drug-likeness (QED) is 0.136. The molecule has 3 rings (SSSR count). The lowest BCUT2D eigenvalue weighted by Gasteiger charge is -2.41. The van der Waals surface area contributed by atoms with E-state index in [9.17, 15) is 14.2 Å². The zero-order valence-electron chi connectivity index (χ0n) is 20.6. The zero-order chi connectivity index (χ0) is 26.3. The molecule has 36 heavy (non-hydrogen) atoms. The molecule has 0 amide bonds. The predicted octanol–water partition coefficient (Wildman–Crippen LogP) is 2.17. The zero-order valence-corrected chi connectivity index (χ0v) is 22.3. The Morgan fingerprint density at radius 2 is 1.81 bits per heavy atom. The number of rotatable bonds is 11. The van der Waals surface area contributed by atoms with Gasteiger partial charge in [-0.15, -0.1) is 20.7 Å². The number of anilines is 1. The summed E-state index contributed by atoms with van der Waals surface area (Å²) in [5, 5.41) is 3.76. The standard InChI is InChI=1S/C20H31N6O8PS/c1-5-15(27)32-18(28)16-17(21)23-19(36-16)20(4)22-9-8-14(24-20)25-10-12-26(13-11-25)35(29,33-30-6-2)34-31-7-3/h8-9,24H,5-7,10-13,21H2,1-4H3. The molecule has 200 valence electrons. The Morgan fingerprint density at radius 3 is 2.39 bits per heavy atom. The largest absolute Gasteiger partial charge is 0.462 e. The molecule has 14 nitrogen and oxygen atoms in total. The molecule has 1 saturated heterocycles. The molecule has 0 aromatic carbocycles. The van der Waals surface area contributed by atoms with Gasteiger partial charge in [0.05, 0.1) is 13.2 Å². The number of nitrogens with two attached hydrogens (primary N) is 1. The molecule has 3 N–H and O–H groups in total. The molecular weight excluding hydrogens is 515 g/mol. The van der Waals surface area contributed by atoms with Gasteiger partial charge in [-0.25, -0.2) is 28.8 Å². The lowest BCUT2D eigenvalue weighted by Crippen LogP contribution is -2.51. The van der Waals surface area contributed by atoms with E-state index in [0.717, 1.165) is 17.2 Å². The molecule has 0 spiro atoms.